The summed E-state index contributed by atoms with van der Waals surface area (Å²) in [4.78, 5) is 36.0. The van der Waals surface area contributed by atoms with Gasteiger partial charge in [-0.05, 0) is 43.7 Å². The second-order valence-electron chi connectivity index (χ2n) is 8.29. The third-order valence-electron chi connectivity index (χ3n) is 5.86. The van der Waals surface area contributed by atoms with Crippen molar-refractivity contribution in [1.29, 1.82) is 0 Å². The molecule has 0 bridgehead atoms. The van der Waals surface area contributed by atoms with Gasteiger partial charge in [-0.25, -0.2) is 9.37 Å². The van der Waals surface area contributed by atoms with Crippen molar-refractivity contribution in [3.05, 3.63) is 88.7 Å². The zero-order valence-electron chi connectivity index (χ0n) is 21.1. The minimum Gasteiger partial charge on any atom is -0.357 e. The molecule has 3 aromatic rings. The zero-order chi connectivity index (χ0) is 27.7. The number of amidine groups is 1. The molecule has 38 heavy (non-hydrogen) atoms. The molecule has 0 aliphatic rings. The molecular formula is C28H28Cl2FN5O2. The van der Waals surface area contributed by atoms with Crippen molar-refractivity contribution in [1.82, 2.24) is 15.2 Å². The van der Waals surface area contributed by atoms with E-state index in [4.69, 9.17) is 28.2 Å². The van der Waals surface area contributed by atoms with E-state index >= 15 is 0 Å². The van der Waals surface area contributed by atoms with Crippen LogP contribution in [0.25, 0.3) is 11.3 Å². The molecule has 1 atom stereocenters. The topological polar surface area (TPSA) is 77.9 Å². The lowest BCUT2D eigenvalue weighted by Gasteiger charge is -2.33. The third kappa shape index (κ3) is 6.38. The Morgan fingerprint density at radius 2 is 1.87 bits per heavy atom. The summed E-state index contributed by atoms with van der Waals surface area (Å²) >= 11 is 13.2. The number of amides is 2. The number of pyridine rings is 1. The van der Waals surface area contributed by atoms with Gasteiger partial charge in [0.15, 0.2) is 5.82 Å². The number of rotatable bonds is 12. The van der Waals surface area contributed by atoms with Crippen molar-refractivity contribution in [2.75, 3.05) is 25.0 Å². The smallest absolute Gasteiger partial charge is 0.219 e. The minimum absolute atomic E-state index is 0.159. The Kier molecular flexibility index (Phi) is 10.4. The van der Waals surface area contributed by atoms with Gasteiger partial charge in [-0.15, -0.1) is 6.58 Å². The monoisotopic (exact) mass is 555 g/mol. The number of carbonyl (C=O) groups excluding carboxylic acids is 2. The van der Waals surface area contributed by atoms with E-state index in [0.717, 1.165) is 0 Å². The van der Waals surface area contributed by atoms with Gasteiger partial charge in [0, 0.05) is 31.7 Å². The van der Waals surface area contributed by atoms with Gasteiger partial charge in [-0.2, -0.15) is 0 Å². The molecule has 198 valence electrons. The largest absolute Gasteiger partial charge is 0.357 e. The Labute approximate surface area is 231 Å². The number of hydrogen-bond acceptors (Lipinski definition) is 4. The average molecular weight is 556 g/mol. The maximum absolute atomic E-state index is 14.8. The van der Waals surface area contributed by atoms with E-state index in [0.29, 0.717) is 54.4 Å². The summed E-state index contributed by atoms with van der Waals surface area (Å²) in [5.41, 5.74) is 1.14. The predicted octanol–water partition coefficient (Wildman–Crippen LogP) is 5.88. The van der Waals surface area contributed by atoms with E-state index in [1.54, 1.807) is 61.7 Å². The first kappa shape index (κ1) is 28.8. The van der Waals surface area contributed by atoms with E-state index < -0.39 is 5.82 Å². The molecular weight excluding hydrogens is 528 g/mol. The molecule has 1 N–H and O–H groups in total. The number of anilines is 2. The number of aliphatic imine (C=N–C) groups is 1. The van der Waals surface area contributed by atoms with Crippen LogP contribution in [0.5, 0.6) is 0 Å². The Hall–Kier alpha value is -3.75. The lowest BCUT2D eigenvalue weighted by atomic mass is 10.1. The summed E-state index contributed by atoms with van der Waals surface area (Å²) < 4.78 is 14.8. The molecule has 10 heteroatoms. The van der Waals surface area contributed by atoms with Crippen molar-refractivity contribution in [3.63, 3.8) is 0 Å². The van der Waals surface area contributed by atoms with Crippen LogP contribution in [0.3, 0.4) is 0 Å². The molecule has 2 amide bonds. The first-order valence-electron chi connectivity index (χ1n) is 11.8. The van der Waals surface area contributed by atoms with Gasteiger partial charge in [0.25, 0.3) is 0 Å². The Bertz CT molecular complexity index is 1330. The highest BCUT2D eigenvalue weighted by Crippen LogP contribution is 2.37. The van der Waals surface area contributed by atoms with E-state index in [1.807, 2.05) is 11.8 Å². The first-order valence-corrected chi connectivity index (χ1v) is 12.6. The van der Waals surface area contributed by atoms with Gasteiger partial charge in [0.2, 0.25) is 12.8 Å². The van der Waals surface area contributed by atoms with Crippen LogP contribution in [0.2, 0.25) is 10.0 Å². The molecule has 1 unspecified atom stereocenters. The maximum Gasteiger partial charge on any atom is 0.219 e. The average Bonchev–Trinajstić information content (AvgIpc) is 2.92. The van der Waals surface area contributed by atoms with Gasteiger partial charge < -0.3 is 10.2 Å². The van der Waals surface area contributed by atoms with Gasteiger partial charge in [0.05, 0.1) is 27.0 Å². The second kappa shape index (κ2) is 13.7. The Balaban J connectivity index is 2.31. The van der Waals surface area contributed by atoms with Gasteiger partial charge in [0.1, 0.15) is 11.7 Å². The highest BCUT2D eigenvalue weighted by Gasteiger charge is 2.28. The summed E-state index contributed by atoms with van der Waals surface area (Å²) in [5.74, 6) is 0.118. The summed E-state index contributed by atoms with van der Waals surface area (Å²) in [6.07, 6.45) is 3.61. The fourth-order valence-corrected chi connectivity index (χ4v) is 4.52. The Morgan fingerprint density at radius 3 is 2.50 bits per heavy atom. The van der Waals surface area contributed by atoms with Gasteiger partial charge >= 0.3 is 0 Å². The number of para-hydroxylation sites is 1. The molecule has 0 saturated heterocycles. The molecule has 3 rings (SSSR count). The summed E-state index contributed by atoms with van der Waals surface area (Å²) in [6.45, 7) is 6.59. The standard InChI is InChI=1S/C28H28Cl2FN5O2/c1-4-5-14-35(19(2)16-33-17-37)27(32-3)21-15-23(30)26(20-10-6-8-12-24(20)31)34-28(21)36(18-38)25-13-9-7-11-22(25)29/h4,6-13,15,17-19H,1,5,14,16H2,2-3H3,(H,33,37)/b32-27+. The number of hydrogen-bond donors (Lipinski definition) is 1. The molecule has 0 saturated carbocycles. The molecule has 0 aliphatic carbocycles. The first-order chi connectivity index (χ1) is 18.4. The molecule has 0 fully saturated rings. The molecule has 1 aromatic heterocycles. The second-order valence-corrected chi connectivity index (χ2v) is 9.10. The van der Waals surface area contributed by atoms with E-state index in [2.05, 4.69) is 16.9 Å². The molecule has 0 aliphatic heterocycles. The molecule has 1 heterocycles. The fraction of sp³-hybridized carbons (Fsp3) is 0.214. The lowest BCUT2D eigenvalue weighted by Crippen LogP contribution is -2.45. The van der Waals surface area contributed by atoms with E-state index in [9.17, 15) is 14.0 Å². The normalized spacial score (nSPS) is 12.0. The predicted molar refractivity (Wildman–Crippen MR) is 152 cm³/mol. The molecule has 0 radical (unpaired) electrons. The van der Waals surface area contributed by atoms with Crippen molar-refractivity contribution >= 4 is 53.4 Å². The van der Waals surface area contributed by atoms with E-state index in [-0.39, 0.29) is 28.1 Å². The van der Waals surface area contributed by atoms with Crippen LogP contribution >= 0.6 is 23.2 Å². The van der Waals surface area contributed by atoms with Crippen LogP contribution in [0, 0.1) is 5.82 Å². The number of aromatic nitrogens is 1. The van der Waals surface area contributed by atoms with Crippen molar-refractivity contribution in [2.45, 2.75) is 19.4 Å². The SMILES string of the molecule is C=CCCN(/C(=N/C)c1cc(Cl)c(-c2ccccc2F)nc1N(C=O)c1ccccc1Cl)C(C)CNC=O. The van der Waals surface area contributed by atoms with E-state index in [1.165, 1.54) is 11.0 Å². The zero-order valence-corrected chi connectivity index (χ0v) is 22.6. The number of nitrogens with one attached hydrogen (secondary N) is 1. The quantitative estimate of drug-likeness (QED) is 0.131. The van der Waals surface area contributed by atoms with Crippen LogP contribution in [0.15, 0.2) is 72.2 Å². The third-order valence-corrected chi connectivity index (χ3v) is 6.47. The molecule has 7 nitrogen and oxygen atoms in total. The van der Waals surface area contributed by atoms with Crippen molar-refractivity contribution in [2.24, 2.45) is 4.99 Å². The van der Waals surface area contributed by atoms with Crippen LogP contribution in [-0.4, -0.2) is 54.7 Å². The van der Waals surface area contributed by atoms with Crippen LogP contribution in [0.4, 0.5) is 15.9 Å². The number of carbonyl (C=O) groups is 2. The number of nitrogens with zero attached hydrogens (tertiary/aromatic N) is 4. The highest BCUT2D eigenvalue weighted by molar-refractivity contribution is 6.34. The Morgan fingerprint density at radius 1 is 1.16 bits per heavy atom. The van der Waals surface area contributed by atoms with Crippen LogP contribution in [0.1, 0.15) is 18.9 Å². The molecule has 2 aromatic carbocycles. The summed E-state index contributed by atoms with van der Waals surface area (Å²) in [6, 6.07) is 14.3. The molecule has 0 spiro atoms. The van der Waals surface area contributed by atoms with Crippen molar-refractivity contribution in [3.8, 4) is 11.3 Å². The minimum atomic E-state index is -0.512. The number of halogens is 3. The van der Waals surface area contributed by atoms with Crippen LogP contribution in [-0.2, 0) is 9.59 Å². The van der Waals surface area contributed by atoms with Crippen LogP contribution < -0.4 is 10.2 Å². The number of benzene rings is 2. The van der Waals surface area contributed by atoms with Gasteiger partial charge in [-0.3, -0.25) is 19.5 Å². The maximum atomic E-state index is 14.8. The van der Waals surface area contributed by atoms with Crippen molar-refractivity contribution < 1.29 is 14.0 Å². The summed E-state index contributed by atoms with van der Waals surface area (Å²) in [5, 5.41) is 3.18. The lowest BCUT2D eigenvalue weighted by molar-refractivity contribution is -0.109. The summed E-state index contributed by atoms with van der Waals surface area (Å²) in [7, 11) is 1.61. The fourth-order valence-electron chi connectivity index (χ4n) is 4.04. The highest BCUT2D eigenvalue weighted by atomic mass is 35.5. The van der Waals surface area contributed by atoms with Gasteiger partial charge in [-0.1, -0.05) is 53.5 Å².